The van der Waals surface area contributed by atoms with Crippen LogP contribution in [0, 0.1) is 0 Å². The summed E-state index contributed by atoms with van der Waals surface area (Å²) < 4.78 is 46.0. The van der Waals surface area contributed by atoms with Gasteiger partial charge in [-0.25, -0.2) is 27.6 Å². The third-order valence-electron chi connectivity index (χ3n) is 5.74. The SMILES string of the molecule is CCn1c(-c2nonc2NC(=O)OC(C)(C)C)nc2cncc(S(=O)(=O)N3CCC(NC(=O)OC(C)(C)C)C3)c21. The molecule has 0 radical (unpaired) electrons. The molecule has 15 nitrogen and oxygen atoms in total. The Bertz CT molecular complexity index is 1520. The molecule has 1 saturated heterocycles. The second-order valence-electron chi connectivity index (χ2n) is 11.3. The van der Waals surface area contributed by atoms with E-state index in [9.17, 15) is 18.0 Å². The van der Waals surface area contributed by atoms with E-state index in [1.807, 2.05) is 6.92 Å². The first-order valence-electron chi connectivity index (χ1n) is 12.8. The van der Waals surface area contributed by atoms with Crippen molar-refractivity contribution < 1.29 is 32.1 Å². The van der Waals surface area contributed by atoms with Gasteiger partial charge in [0.05, 0.1) is 11.7 Å². The standard InChI is InChI=1S/C24H34N8O7S/c1-8-32-18-15(27-20(32)17-19(30-39-29-17)28-22(34)38-24(5,6)7)11-25-12-16(18)40(35,36)31-10-9-14(13-31)26-21(33)37-23(2,3)4/h11-12,14H,8-10,13H2,1-7H3,(H,26,33)(H,28,30,34). The number of rotatable bonds is 6. The van der Waals surface area contributed by atoms with Gasteiger partial charge in [-0.3, -0.25) is 10.3 Å². The van der Waals surface area contributed by atoms with Crippen molar-refractivity contribution in [1.29, 1.82) is 0 Å². The Morgan fingerprint density at radius 1 is 1.07 bits per heavy atom. The minimum atomic E-state index is -4.04. The van der Waals surface area contributed by atoms with Gasteiger partial charge < -0.3 is 19.4 Å². The summed E-state index contributed by atoms with van der Waals surface area (Å²) in [4.78, 5) is 33.1. The van der Waals surface area contributed by atoms with Gasteiger partial charge in [0.1, 0.15) is 21.6 Å². The van der Waals surface area contributed by atoms with Gasteiger partial charge in [-0.1, -0.05) is 0 Å². The van der Waals surface area contributed by atoms with E-state index < -0.39 is 39.5 Å². The molecule has 3 aromatic heterocycles. The molecule has 0 aromatic carbocycles. The van der Waals surface area contributed by atoms with Crippen LogP contribution in [0.2, 0.25) is 0 Å². The number of amides is 2. The maximum absolute atomic E-state index is 13.8. The Morgan fingerprint density at radius 3 is 2.40 bits per heavy atom. The largest absolute Gasteiger partial charge is 0.444 e. The fraction of sp³-hybridized carbons (Fsp3) is 0.583. The molecule has 4 rings (SSSR count). The van der Waals surface area contributed by atoms with Crippen LogP contribution in [0.25, 0.3) is 22.6 Å². The van der Waals surface area contributed by atoms with E-state index in [0.29, 0.717) is 24.0 Å². The molecule has 1 atom stereocenters. The Morgan fingerprint density at radius 2 is 1.75 bits per heavy atom. The van der Waals surface area contributed by atoms with E-state index in [-0.39, 0.29) is 35.3 Å². The average Bonchev–Trinajstić information content (AvgIpc) is 3.54. The zero-order chi connectivity index (χ0) is 29.5. The van der Waals surface area contributed by atoms with Crippen molar-refractivity contribution in [2.75, 3.05) is 18.4 Å². The number of hydrogen-bond donors (Lipinski definition) is 2. The highest BCUT2D eigenvalue weighted by molar-refractivity contribution is 7.89. The topological polar surface area (TPSA) is 184 Å². The van der Waals surface area contributed by atoms with Crippen molar-refractivity contribution in [2.45, 2.75) is 83.6 Å². The quantitative estimate of drug-likeness (QED) is 0.438. The molecule has 0 spiro atoms. The fourth-order valence-electron chi connectivity index (χ4n) is 4.23. The van der Waals surface area contributed by atoms with Gasteiger partial charge in [0.2, 0.25) is 15.8 Å². The lowest BCUT2D eigenvalue weighted by Gasteiger charge is -2.22. The van der Waals surface area contributed by atoms with Crippen molar-refractivity contribution in [3.05, 3.63) is 12.4 Å². The van der Waals surface area contributed by atoms with Crippen LogP contribution in [0.4, 0.5) is 15.4 Å². The van der Waals surface area contributed by atoms with Crippen molar-refractivity contribution in [2.24, 2.45) is 0 Å². The highest BCUT2D eigenvalue weighted by atomic mass is 32.2. The van der Waals surface area contributed by atoms with Crippen molar-refractivity contribution >= 4 is 39.1 Å². The number of hydrogen-bond acceptors (Lipinski definition) is 11. The predicted molar refractivity (Wildman–Crippen MR) is 143 cm³/mol. The summed E-state index contributed by atoms with van der Waals surface area (Å²) in [6, 6.07) is -0.411. The monoisotopic (exact) mass is 578 g/mol. The van der Waals surface area contributed by atoms with Crippen molar-refractivity contribution in [3.8, 4) is 11.5 Å². The van der Waals surface area contributed by atoms with Crippen molar-refractivity contribution in [3.63, 3.8) is 0 Å². The van der Waals surface area contributed by atoms with Crippen LogP contribution in [0.5, 0.6) is 0 Å². The highest BCUT2D eigenvalue weighted by Crippen LogP contribution is 2.33. The van der Waals surface area contributed by atoms with Crippen LogP contribution < -0.4 is 10.6 Å². The van der Waals surface area contributed by atoms with Crippen LogP contribution in [0.1, 0.15) is 54.9 Å². The van der Waals surface area contributed by atoms with Crippen LogP contribution in [-0.4, -0.2) is 80.1 Å². The summed E-state index contributed by atoms with van der Waals surface area (Å²) in [5.41, 5.74) is -0.721. The second-order valence-corrected chi connectivity index (χ2v) is 13.2. The Labute approximate surface area is 231 Å². The molecule has 1 fully saturated rings. The van der Waals surface area contributed by atoms with Crippen LogP contribution in [0.15, 0.2) is 21.9 Å². The number of nitrogens with zero attached hydrogens (tertiary/aromatic N) is 6. The zero-order valence-electron chi connectivity index (χ0n) is 23.5. The normalized spacial score (nSPS) is 16.7. The lowest BCUT2D eigenvalue weighted by atomic mass is 10.2. The van der Waals surface area contributed by atoms with Crippen LogP contribution in [0.3, 0.4) is 0 Å². The number of nitrogens with one attached hydrogen (secondary N) is 2. The summed E-state index contributed by atoms with van der Waals surface area (Å²) in [7, 11) is -4.04. The summed E-state index contributed by atoms with van der Waals surface area (Å²) >= 11 is 0. The van der Waals surface area contributed by atoms with E-state index >= 15 is 0 Å². The highest BCUT2D eigenvalue weighted by Gasteiger charge is 2.36. The molecule has 1 aliphatic rings. The van der Waals surface area contributed by atoms with E-state index in [0.717, 1.165) is 0 Å². The van der Waals surface area contributed by atoms with Gasteiger partial charge in [-0.2, -0.15) is 4.31 Å². The molecule has 0 aliphatic carbocycles. The zero-order valence-corrected chi connectivity index (χ0v) is 24.3. The fourth-order valence-corrected chi connectivity index (χ4v) is 5.88. The molecule has 3 aromatic rings. The van der Waals surface area contributed by atoms with Gasteiger partial charge in [-0.05, 0) is 65.2 Å². The molecule has 1 aliphatic heterocycles. The molecule has 4 heterocycles. The van der Waals surface area contributed by atoms with Crippen LogP contribution >= 0.6 is 0 Å². The van der Waals surface area contributed by atoms with E-state index in [2.05, 4.69) is 30.9 Å². The molecule has 2 amide bonds. The number of sulfonamides is 1. The predicted octanol–water partition coefficient (Wildman–Crippen LogP) is 3.14. The van der Waals surface area contributed by atoms with Gasteiger partial charge in [0.15, 0.2) is 11.5 Å². The summed E-state index contributed by atoms with van der Waals surface area (Å²) in [5.74, 6) is 0.187. The number of carbonyl (C=O) groups excluding carboxylic acids is 2. The maximum atomic E-state index is 13.8. The number of pyridine rings is 1. The molecular weight excluding hydrogens is 544 g/mol. The van der Waals surface area contributed by atoms with Gasteiger partial charge in [-0.15, -0.1) is 0 Å². The van der Waals surface area contributed by atoms with E-state index in [1.165, 1.54) is 16.7 Å². The van der Waals surface area contributed by atoms with Crippen LogP contribution in [-0.2, 0) is 26.0 Å². The lowest BCUT2D eigenvalue weighted by Crippen LogP contribution is -2.41. The Hall–Kier alpha value is -3.79. The van der Waals surface area contributed by atoms with Gasteiger partial charge in [0.25, 0.3) is 0 Å². The average molecular weight is 579 g/mol. The number of ether oxygens (including phenoxy) is 2. The Kier molecular flexibility index (Phi) is 7.77. The van der Waals surface area contributed by atoms with E-state index in [1.54, 1.807) is 46.1 Å². The molecule has 0 saturated carbocycles. The molecule has 1 unspecified atom stereocenters. The third-order valence-corrected chi connectivity index (χ3v) is 7.61. The molecule has 0 bridgehead atoms. The molecule has 218 valence electrons. The maximum Gasteiger partial charge on any atom is 0.413 e. The minimum Gasteiger partial charge on any atom is -0.444 e. The number of aromatic nitrogens is 5. The number of anilines is 1. The van der Waals surface area contributed by atoms with Crippen molar-refractivity contribution in [1.82, 2.24) is 34.5 Å². The Balaban J connectivity index is 1.64. The van der Waals surface area contributed by atoms with E-state index in [4.69, 9.17) is 14.1 Å². The molecule has 40 heavy (non-hydrogen) atoms. The number of carbonyl (C=O) groups is 2. The first-order valence-corrected chi connectivity index (χ1v) is 14.2. The first kappa shape index (κ1) is 29.2. The number of imidazole rings is 1. The number of alkyl carbamates (subject to hydrolysis) is 1. The third kappa shape index (κ3) is 6.33. The molecule has 2 N–H and O–H groups in total. The molecular formula is C24H34N8O7S. The first-order chi connectivity index (χ1) is 18.6. The minimum absolute atomic E-state index is 0.0350. The smallest absolute Gasteiger partial charge is 0.413 e. The lowest BCUT2D eigenvalue weighted by molar-refractivity contribution is 0.0506. The van der Waals surface area contributed by atoms with Gasteiger partial charge >= 0.3 is 12.2 Å². The molecule has 16 heteroatoms. The summed E-state index contributed by atoms with van der Waals surface area (Å²) in [5, 5.41) is 12.9. The number of fused-ring (bicyclic) bond motifs is 1. The second kappa shape index (κ2) is 10.6. The van der Waals surface area contributed by atoms with Gasteiger partial charge in [0, 0.05) is 31.9 Å². The summed E-state index contributed by atoms with van der Waals surface area (Å²) in [6.07, 6.45) is 1.76. The summed E-state index contributed by atoms with van der Waals surface area (Å²) in [6.45, 7) is 12.8. The number of aryl methyl sites for hydroxylation is 1.